The van der Waals surface area contributed by atoms with Gasteiger partial charge in [-0.15, -0.1) is 0 Å². The summed E-state index contributed by atoms with van der Waals surface area (Å²) in [4.78, 5) is 4.61. The number of hydrogen-bond acceptors (Lipinski definition) is 4. The standard InChI is InChI=1S/C99H86N2O2/c1-5-102-95-65-61-93(62-66-95)100(91-57-47-82(48-58-91)71-74-99(4)72-69-77(70-73-99)22-20-32-98(87-27-15-9-16-28-87)88-29-17-10-18-30-88)89-53-43-80(44-54-89)39-37-78-33-35-79(36-34-78)38-40-81-45-55-90(56-46-81)101(94-63-67-96(68-64-94)103-6-2)92-59-51-84(52-60-92)75(3)83-49-41-76(42-50-83)21-19-31-97(85-23-11-7-12-24-85)86-25-13-8-14-26-86/h7-72,74-75H,5-6,73H2,1-4H3/b21-19?,22-20+,39-37+,40-38+,74-71+. The molecule has 0 aromatic heterocycles. The normalized spacial score (nSPS) is 13.9. The molecule has 2 unspecified atom stereocenters. The van der Waals surface area contributed by atoms with E-state index >= 15 is 0 Å². The van der Waals surface area contributed by atoms with Gasteiger partial charge in [0.25, 0.3) is 0 Å². The lowest BCUT2D eigenvalue weighted by Gasteiger charge is -2.26. The molecule has 13 rings (SSSR count). The maximum absolute atomic E-state index is 5.86. The van der Waals surface area contributed by atoms with Crippen LogP contribution < -0.4 is 19.3 Å². The summed E-state index contributed by atoms with van der Waals surface area (Å²) in [6.45, 7) is 9.84. The molecule has 0 radical (unpaired) electrons. The second kappa shape index (κ2) is 34.0. The Kier molecular flexibility index (Phi) is 22.8. The Hall–Kier alpha value is -12.5. The molecular weight excluding hydrogens is 1250 g/mol. The molecule has 504 valence electrons. The molecule has 0 saturated carbocycles. The topological polar surface area (TPSA) is 24.9 Å². The fourth-order valence-corrected chi connectivity index (χ4v) is 12.9. The van der Waals surface area contributed by atoms with Crippen LogP contribution in [0, 0.1) is 5.41 Å². The smallest absolute Gasteiger partial charge is 0.119 e. The Labute approximate surface area is 609 Å². The molecule has 1 aliphatic rings. The van der Waals surface area contributed by atoms with E-state index in [0.29, 0.717) is 13.2 Å². The third kappa shape index (κ3) is 18.3. The second-order valence-corrected chi connectivity index (χ2v) is 26.0. The van der Waals surface area contributed by atoms with Gasteiger partial charge in [-0.05, 0) is 201 Å². The zero-order valence-electron chi connectivity index (χ0n) is 59.1. The van der Waals surface area contributed by atoms with Crippen LogP contribution in [0.2, 0.25) is 0 Å². The maximum Gasteiger partial charge on any atom is 0.119 e. The van der Waals surface area contributed by atoms with Crippen LogP contribution in [-0.2, 0) is 0 Å². The molecule has 0 heterocycles. The summed E-state index contributed by atoms with van der Waals surface area (Å²) in [6, 6.07) is 112. The van der Waals surface area contributed by atoms with Gasteiger partial charge in [-0.1, -0.05) is 323 Å². The van der Waals surface area contributed by atoms with E-state index in [-0.39, 0.29) is 11.3 Å². The highest BCUT2D eigenvalue weighted by Crippen LogP contribution is 2.40. The van der Waals surface area contributed by atoms with Crippen molar-refractivity contribution >= 4 is 81.7 Å². The molecule has 0 saturated heterocycles. The van der Waals surface area contributed by atoms with Crippen LogP contribution in [0.5, 0.6) is 11.5 Å². The van der Waals surface area contributed by atoms with Gasteiger partial charge in [0, 0.05) is 45.5 Å². The summed E-state index contributed by atoms with van der Waals surface area (Å²) >= 11 is 0. The van der Waals surface area contributed by atoms with Crippen molar-refractivity contribution in [2.24, 2.45) is 5.41 Å². The average molecular weight is 1340 g/mol. The Bertz CT molecular complexity index is 4910. The first kappa shape index (κ1) is 69.0. The van der Waals surface area contributed by atoms with E-state index in [2.05, 4.69) is 406 Å². The average Bonchev–Trinajstić information content (AvgIpc) is 0.808. The van der Waals surface area contributed by atoms with Crippen LogP contribution in [-0.4, -0.2) is 13.2 Å². The molecule has 1 aliphatic carbocycles. The van der Waals surface area contributed by atoms with E-state index in [4.69, 9.17) is 9.47 Å². The van der Waals surface area contributed by atoms with Crippen molar-refractivity contribution in [3.63, 3.8) is 0 Å². The van der Waals surface area contributed by atoms with E-state index in [1.807, 2.05) is 38.1 Å². The second-order valence-electron chi connectivity index (χ2n) is 26.0. The molecule has 4 nitrogen and oxygen atoms in total. The molecule has 0 amide bonds. The van der Waals surface area contributed by atoms with Gasteiger partial charge in [0.1, 0.15) is 11.5 Å². The van der Waals surface area contributed by atoms with E-state index < -0.39 is 0 Å². The Balaban J connectivity index is 0.638. The number of ether oxygens (including phenoxy) is 2. The number of hydrogen-bond donors (Lipinski definition) is 0. The summed E-state index contributed by atoms with van der Waals surface area (Å²) < 4.78 is 11.7. The Morgan fingerprint density at radius 2 is 0.641 bits per heavy atom. The number of rotatable bonds is 26. The van der Waals surface area contributed by atoms with Gasteiger partial charge < -0.3 is 19.3 Å². The molecule has 12 aromatic rings. The van der Waals surface area contributed by atoms with Crippen LogP contribution in [0.25, 0.3) is 47.6 Å². The minimum Gasteiger partial charge on any atom is -0.494 e. The van der Waals surface area contributed by atoms with Gasteiger partial charge in [-0.3, -0.25) is 0 Å². The number of benzene rings is 12. The van der Waals surface area contributed by atoms with Gasteiger partial charge in [0.15, 0.2) is 0 Å². The number of nitrogens with zero attached hydrogens (tertiary/aromatic N) is 2. The van der Waals surface area contributed by atoms with Gasteiger partial charge in [0.05, 0.1) is 13.2 Å². The molecule has 2 atom stereocenters. The van der Waals surface area contributed by atoms with Gasteiger partial charge in [0.2, 0.25) is 0 Å². The highest BCUT2D eigenvalue weighted by Gasteiger charge is 2.20. The Morgan fingerprint density at radius 3 is 0.981 bits per heavy atom. The van der Waals surface area contributed by atoms with Crippen molar-refractivity contribution in [3.05, 3.63) is 442 Å². The summed E-state index contributed by atoms with van der Waals surface area (Å²) in [7, 11) is 0. The van der Waals surface area contributed by atoms with Crippen molar-refractivity contribution in [3.8, 4) is 11.5 Å². The fraction of sp³-hybridized carbons (Fsp3) is 0.0909. The lowest BCUT2D eigenvalue weighted by molar-refractivity contribution is 0.340. The Morgan fingerprint density at radius 1 is 0.350 bits per heavy atom. The zero-order chi connectivity index (χ0) is 70.4. The third-order valence-electron chi connectivity index (χ3n) is 18.8. The van der Waals surface area contributed by atoms with Gasteiger partial charge in [-0.25, -0.2) is 0 Å². The molecule has 12 aromatic carbocycles. The van der Waals surface area contributed by atoms with Gasteiger partial charge >= 0.3 is 0 Å². The predicted molar refractivity (Wildman–Crippen MR) is 440 cm³/mol. The van der Waals surface area contributed by atoms with E-state index in [0.717, 1.165) is 85.4 Å². The van der Waals surface area contributed by atoms with Crippen LogP contribution in [0.15, 0.2) is 376 Å². The number of anilines is 6. The molecule has 103 heavy (non-hydrogen) atoms. The fourth-order valence-electron chi connectivity index (χ4n) is 12.9. The largest absolute Gasteiger partial charge is 0.494 e. The predicted octanol–water partition coefficient (Wildman–Crippen LogP) is 26.7. The highest BCUT2D eigenvalue weighted by atomic mass is 16.5. The molecule has 0 spiro atoms. The molecular formula is C99H86N2O2. The van der Waals surface area contributed by atoms with E-state index in [1.54, 1.807) is 0 Å². The van der Waals surface area contributed by atoms with Crippen LogP contribution >= 0.6 is 0 Å². The summed E-state index contributed by atoms with van der Waals surface area (Å²) in [5.74, 6) is 1.91. The van der Waals surface area contributed by atoms with E-state index in [9.17, 15) is 0 Å². The van der Waals surface area contributed by atoms with E-state index in [1.165, 1.54) is 50.1 Å². The van der Waals surface area contributed by atoms with Crippen LogP contribution in [0.1, 0.15) is 107 Å². The lowest BCUT2D eigenvalue weighted by Crippen LogP contribution is -2.11. The first-order chi connectivity index (χ1) is 50.7. The quantitative estimate of drug-likeness (QED) is 0.0398. The summed E-state index contributed by atoms with van der Waals surface area (Å²) in [5.41, 5.74) is 24.0. The van der Waals surface area contributed by atoms with Crippen molar-refractivity contribution < 1.29 is 9.47 Å². The minimum atomic E-state index is -0.0964. The zero-order valence-corrected chi connectivity index (χ0v) is 59.1. The summed E-state index contributed by atoms with van der Waals surface area (Å²) in [5, 5.41) is 0. The molecule has 0 bridgehead atoms. The first-order valence-corrected chi connectivity index (χ1v) is 35.8. The molecule has 0 N–H and O–H groups in total. The monoisotopic (exact) mass is 1330 g/mol. The van der Waals surface area contributed by atoms with Crippen LogP contribution in [0.3, 0.4) is 0 Å². The summed E-state index contributed by atoms with van der Waals surface area (Å²) in [6.07, 6.45) is 34.3. The minimum absolute atomic E-state index is 0.0964. The van der Waals surface area contributed by atoms with Crippen molar-refractivity contribution in [2.75, 3.05) is 23.0 Å². The van der Waals surface area contributed by atoms with Crippen molar-refractivity contribution in [2.45, 2.75) is 40.0 Å². The highest BCUT2D eigenvalue weighted by molar-refractivity contribution is 5.84. The SMILES string of the molecule is CCOc1ccc(N(c2ccc(/C=C/c3ccc(/C=C/c4ccc(N(c5ccc(OCC)cc5)c5ccc(C(C)c6ccc(C=CC=C(c7ccccc7)c7ccccc7)cc6)cc5)cc4)cc3)cc2)c2ccc(/C=C/C3(C)C=CC(/C=C/C=C(c4ccccc4)c4ccccc4)=CC3)cc2)cc1. The number of allylic oxidation sites excluding steroid dienone is 10. The van der Waals surface area contributed by atoms with Crippen LogP contribution in [0.4, 0.5) is 34.1 Å². The molecule has 0 aliphatic heterocycles. The van der Waals surface area contributed by atoms with Crippen molar-refractivity contribution in [1.29, 1.82) is 0 Å². The molecule has 0 fully saturated rings. The first-order valence-electron chi connectivity index (χ1n) is 35.8. The maximum atomic E-state index is 5.86. The van der Waals surface area contributed by atoms with Crippen molar-refractivity contribution in [1.82, 2.24) is 0 Å². The molecule has 4 heteroatoms. The third-order valence-corrected chi connectivity index (χ3v) is 18.8. The van der Waals surface area contributed by atoms with Gasteiger partial charge in [-0.2, -0.15) is 0 Å². The lowest BCUT2D eigenvalue weighted by atomic mass is 9.81.